The molecule has 0 aliphatic carbocycles. The topological polar surface area (TPSA) is 86.3 Å². The Kier molecular flexibility index (Phi) is 2.98. The quantitative estimate of drug-likeness (QED) is 0.870. The highest BCUT2D eigenvalue weighted by Gasteiger charge is 2.28. The van der Waals surface area contributed by atoms with E-state index in [0.29, 0.717) is 6.54 Å². The van der Waals surface area contributed by atoms with Gasteiger partial charge in [-0.25, -0.2) is 9.78 Å². The third-order valence-electron chi connectivity index (χ3n) is 3.41. The van der Waals surface area contributed by atoms with Gasteiger partial charge >= 0.3 is 5.97 Å². The number of aromatic amines is 1. The van der Waals surface area contributed by atoms with Gasteiger partial charge in [0.05, 0.1) is 6.33 Å². The number of aromatic carboxylic acids is 1. The molecule has 0 atom stereocenters. The molecule has 6 nitrogen and oxygen atoms in total. The minimum atomic E-state index is -1.18. The number of carboxylic acids is 1. The lowest BCUT2D eigenvalue weighted by atomic mass is 10.0. The lowest BCUT2D eigenvalue weighted by Crippen LogP contribution is -2.36. The van der Waals surface area contributed by atoms with Crippen LogP contribution in [0.3, 0.4) is 0 Å². The Morgan fingerprint density at radius 3 is 2.90 bits per heavy atom. The number of para-hydroxylation sites is 1. The lowest BCUT2D eigenvalue weighted by Gasteiger charge is -2.29. The summed E-state index contributed by atoms with van der Waals surface area (Å²) < 4.78 is 0. The maximum atomic E-state index is 12.5. The van der Waals surface area contributed by atoms with Gasteiger partial charge in [-0.3, -0.25) is 4.79 Å². The SMILES string of the molecule is O=C(O)c1[nH]cnc1C(=O)N1CCCc2ccccc21. The maximum absolute atomic E-state index is 12.5. The van der Waals surface area contributed by atoms with E-state index in [0.717, 1.165) is 24.1 Å². The van der Waals surface area contributed by atoms with Gasteiger partial charge in [-0.15, -0.1) is 0 Å². The van der Waals surface area contributed by atoms with Crippen molar-refractivity contribution in [3.8, 4) is 0 Å². The second-order valence-electron chi connectivity index (χ2n) is 4.62. The van der Waals surface area contributed by atoms with E-state index in [4.69, 9.17) is 5.11 Å². The first kappa shape index (κ1) is 12.4. The average molecular weight is 271 g/mol. The predicted octanol–water partition coefficient (Wildman–Crippen LogP) is 1.70. The first-order chi connectivity index (χ1) is 9.68. The molecule has 2 aromatic rings. The first-order valence-electron chi connectivity index (χ1n) is 6.35. The summed E-state index contributed by atoms with van der Waals surface area (Å²) >= 11 is 0. The number of carbonyl (C=O) groups is 2. The number of nitrogens with one attached hydrogen (secondary N) is 1. The molecule has 0 unspecified atom stereocenters. The summed E-state index contributed by atoms with van der Waals surface area (Å²) in [4.78, 5) is 31.6. The Labute approximate surface area is 115 Å². The van der Waals surface area contributed by atoms with Gasteiger partial charge in [0.2, 0.25) is 0 Å². The summed E-state index contributed by atoms with van der Waals surface area (Å²) in [6.45, 7) is 0.571. The van der Waals surface area contributed by atoms with Gasteiger partial charge in [-0.2, -0.15) is 0 Å². The van der Waals surface area contributed by atoms with E-state index < -0.39 is 5.97 Å². The van der Waals surface area contributed by atoms with Crippen molar-refractivity contribution in [2.45, 2.75) is 12.8 Å². The van der Waals surface area contributed by atoms with Crippen LogP contribution < -0.4 is 4.90 Å². The number of fused-ring (bicyclic) bond motifs is 1. The third kappa shape index (κ3) is 1.95. The number of aryl methyl sites for hydroxylation is 1. The zero-order valence-electron chi connectivity index (χ0n) is 10.7. The summed E-state index contributed by atoms with van der Waals surface area (Å²) in [5.74, 6) is -1.56. The highest BCUT2D eigenvalue weighted by atomic mass is 16.4. The largest absolute Gasteiger partial charge is 0.477 e. The molecule has 2 heterocycles. The van der Waals surface area contributed by atoms with Gasteiger partial charge in [0, 0.05) is 12.2 Å². The summed E-state index contributed by atoms with van der Waals surface area (Å²) in [5.41, 5.74) is 1.72. The van der Waals surface area contributed by atoms with Gasteiger partial charge in [0.25, 0.3) is 5.91 Å². The van der Waals surface area contributed by atoms with Crippen molar-refractivity contribution in [2.75, 3.05) is 11.4 Å². The number of amides is 1. The number of benzene rings is 1. The van der Waals surface area contributed by atoms with E-state index >= 15 is 0 Å². The number of hydrogen-bond acceptors (Lipinski definition) is 3. The number of carboxylic acid groups (broad SMARTS) is 1. The summed E-state index contributed by atoms with van der Waals surface area (Å²) in [6.07, 6.45) is 3.01. The molecule has 1 amide bonds. The molecule has 1 aromatic carbocycles. The number of H-pyrrole nitrogens is 1. The van der Waals surface area contributed by atoms with Crippen LogP contribution in [0.25, 0.3) is 0 Å². The van der Waals surface area contributed by atoms with Crippen LogP contribution in [0.15, 0.2) is 30.6 Å². The van der Waals surface area contributed by atoms with Crippen molar-refractivity contribution in [1.82, 2.24) is 9.97 Å². The standard InChI is InChI=1S/C14H13N3O3/c18-13(11-12(14(19)20)16-8-15-11)17-7-3-5-9-4-1-2-6-10(9)17/h1-2,4,6,8H,3,5,7H2,(H,15,16)(H,19,20). The van der Waals surface area contributed by atoms with Gasteiger partial charge in [0.1, 0.15) is 0 Å². The van der Waals surface area contributed by atoms with Crippen LogP contribution in [0.5, 0.6) is 0 Å². The second kappa shape index (κ2) is 4.80. The number of rotatable bonds is 2. The molecule has 102 valence electrons. The molecule has 1 aromatic heterocycles. The van der Waals surface area contributed by atoms with Crippen molar-refractivity contribution in [3.63, 3.8) is 0 Å². The number of hydrogen-bond donors (Lipinski definition) is 2. The van der Waals surface area contributed by atoms with Crippen molar-refractivity contribution < 1.29 is 14.7 Å². The monoisotopic (exact) mass is 271 g/mol. The average Bonchev–Trinajstić information content (AvgIpc) is 2.95. The van der Waals surface area contributed by atoms with E-state index in [-0.39, 0.29) is 17.3 Å². The molecule has 0 saturated heterocycles. The van der Waals surface area contributed by atoms with Crippen molar-refractivity contribution in [3.05, 3.63) is 47.5 Å². The van der Waals surface area contributed by atoms with Crippen LogP contribution in [-0.4, -0.2) is 33.5 Å². The van der Waals surface area contributed by atoms with Gasteiger partial charge < -0.3 is 15.0 Å². The van der Waals surface area contributed by atoms with Crippen LogP contribution in [0.2, 0.25) is 0 Å². The van der Waals surface area contributed by atoms with Crippen LogP contribution in [-0.2, 0) is 6.42 Å². The van der Waals surface area contributed by atoms with E-state index in [1.165, 1.54) is 6.33 Å². The van der Waals surface area contributed by atoms with Gasteiger partial charge in [-0.05, 0) is 24.5 Å². The third-order valence-corrected chi connectivity index (χ3v) is 3.41. The van der Waals surface area contributed by atoms with Crippen molar-refractivity contribution >= 4 is 17.6 Å². The molecule has 0 bridgehead atoms. The molecule has 20 heavy (non-hydrogen) atoms. The van der Waals surface area contributed by atoms with Gasteiger partial charge in [-0.1, -0.05) is 18.2 Å². The Balaban J connectivity index is 2.00. The Bertz CT molecular complexity index is 678. The highest BCUT2D eigenvalue weighted by molar-refractivity contribution is 6.10. The van der Waals surface area contributed by atoms with Gasteiger partial charge in [0.15, 0.2) is 11.4 Å². The Morgan fingerprint density at radius 1 is 1.30 bits per heavy atom. The molecular formula is C14H13N3O3. The number of aromatic nitrogens is 2. The number of imidazole rings is 1. The van der Waals surface area contributed by atoms with E-state index in [1.54, 1.807) is 4.90 Å². The fraction of sp³-hybridized carbons (Fsp3) is 0.214. The molecule has 2 N–H and O–H groups in total. The molecule has 0 saturated carbocycles. The van der Waals surface area contributed by atoms with Crippen LogP contribution in [0.1, 0.15) is 33.0 Å². The highest BCUT2D eigenvalue weighted by Crippen LogP contribution is 2.28. The van der Waals surface area contributed by atoms with Crippen molar-refractivity contribution in [2.24, 2.45) is 0 Å². The zero-order valence-corrected chi connectivity index (χ0v) is 10.7. The minimum absolute atomic E-state index is 0.0470. The van der Waals surface area contributed by atoms with Crippen LogP contribution in [0.4, 0.5) is 5.69 Å². The molecule has 1 aliphatic rings. The Morgan fingerprint density at radius 2 is 2.10 bits per heavy atom. The number of anilines is 1. The molecule has 0 fully saturated rings. The predicted molar refractivity (Wildman–Crippen MR) is 72.0 cm³/mol. The molecule has 1 aliphatic heterocycles. The Hall–Kier alpha value is -2.63. The fourth-order valence-corrected chi connectivity index (χ4v) is 2.49. The number of nitrogens with zero attached hydrogens (tertiary/aromatic N) is 2. The zero-order chi connectivity index (χ0) is 14.1. The second-order valence-corrected chi connectivity index (χ2v) is 4.62. The lowest BCUT2D eigenvalue weighted by molar-refractivity contribution is 0.0686. The van der Waals surface area contributed by atoms with Crippen molar-refractivity contribution in [1.29, 1.82) is 0 Å². The van der Waals surface area contributed by atoms with Crippen LogP contribution in [0, 0.1) is 0 Å². The smallest absolute Gasteiger partial charge is 0.354 e. The summed E-state index contributed by atoms with van der Waals surface area (Å²) in [6, 6.07) is 7.66. The normalized spacial score (nSPS) is 13.9. The fourth-order valence-electron chi connectivity index (χ4n) is 2.49. The van der Waals surface area contributed by atoms with Crippen LogP contribution >= 0.6 is 0 Å². The molecule has 0 radical (unpaired) electrons. The summed E-state index contributed by atoms with van der Waals surface area (Å²) in [5, 5.41) is 9.06. The maximum Gasteiger partial charge on any atom is 0.354 e. The minimum Gasteiger partial charge on any atom is -0.477 e. The molecule has 6 heteroatoms. The van der Waals surface area contributed by atoms with E-state index in [9.17, 15) is 9.59 Å². The van der Waals surface area contributed by atoms with E-state index in [1.807, 2.05) is 24.3 Å². The number of carbonyl (C=O) groups excluding carboxylic acids is 1. The molecule has 0 spiro atoms. The first-order valence-corrected chi connectivity index (χ1v) is 6.35. The summed E-state index contributed by atoms with van der Waals surface area (Å²) in [7, 11) is 0. The molecular weight excluding hydrogens is 258 g/mol. The van der Waals surface area contributed by atoms with E-state index in [2.05, 4.69) is 9.97 Å². The molecule has 3 rings (SSSR count).